The van der Waals surface area contributed by atoms with E-state index >= 15 is 0 Å². The average molecular weight is 352 g/mol. The van der Waals surface area contributed by atoms with Crippen LogP contribution in [0.5, 0.6) is 5.75 Å². The van der Waals surface area contributed by atoms with Gasteiger partial charge in [0.1, 0.15) is 17.9 Å². The number of ketones is 1. The van der Waals surface area contributed by atoms with Gasteiger partial charge in [-0.1, -0.05) is 0 Å². The van der Waals surface area contributed by atoms with Crippen molar-refractivity contribution in [3.8, 4) is 5.75 Å². The van der Waals surface area contributed by atoms with Crippen molar-refractivity contribution in [2.24, 2.45) is 23.2 Å². The molecule has 6 rings (SSSR count). The van der Waals surface area contributed by atoms with Crippen molar-refractivity contribution in [3.63, 3.8) is 0 Å². The van der Waals surface area contributed by atoms with Crippen molar-refractivity contribution in [1.82, 2.24) is 0 Å². The van der Waals surface area contributed by atoms with Gasteiger partial charge in [-0.3, -0.25) is 4.79 Å². The van der Waals surface area contributed by atoms with Crippen molar-refractivity contribution < 1.29 is 13.9 Å². The Hall–Kier alpha value is -2.10. The van der Waals surface area contributed by atoms with Crippen LogP contribution in [-0.2, 0) is 4.79 Å². The number of hydrogen-bond donors (Lipinski definition) is 0. The molecule has 26 heavy (non-hydrogen) atoms. The van der Waals surface area contributed by atoms with E-state index in [0.717, 1.165) is 48.0 Å². The maximum absolute atomic E-state index is 13.0. The van der Waals surface area contributed by atoms with E-state index in [2.05, 4.69) is 0 Å². The summed E-state index contributed by atoms with van der Waals surface area (Å²) < 4.78 is 11.1. The van der Waals surface area contributed by atoms with Crippen LogP contribution < -0.4 is 10.4 Å². The van der Waals surface area contributed by atoms with Crippen molar-refractivity contribution >= 4 is 16.8 Å². The molecule has 4 aliphatic carbocycles. The molecule has 4 bridgehead atoms. The van der Waals surface area contributed by atoms with Crippen LogP contribution in [0.25, 0.3) is 11.0 Å². The Labute approximate surface area is 152 Å². The van der Waals surface area contributed by atoms with Crippen LogP contribution in [-0.4, -0.2) is 12.4 Å². The van der Waals surface area contributed by atoms with Gasteiger partial charge in [0, 0.05) is 22.9 Å². The number of carbonyl (C=O) groups is 1. The average Bonchev–Trinajstić information content (AvgIpc) is 2.58. The molecule has 1 aromatic carbocycles. The highest BCUT2D eigenvalue weighted by Gasteiger charge is 2.54. The quantitative estimate of drug-likeness (QED) is 0.771. The molecule has 1 aromatic heterocycles. The summed E-state index contributed by atoms with van der Waals surface area (Å²) in [6.45, 7) is 2.00. The zero-order valence-electron chi connectivity index (χ0n) is 15.1. The smallest absolute Gasteiger partial charge is 0.336 e. The van der Waals surface area contributed by atoms with Gasteiger partial charge in [0.25, 0.3) is 0 Å². The van der Waals surface area contributed by atoms with E-state index in [1.165, 1.54) is 25.3 Å². The van der Waals surface area contributed by atoms with Gasteiger partial charge < -0.3 is 9.15 Å². The van der Waals surface area contributed by atoms with Gasteiger partial charge in [0.15, 0.2) is 5.78 Å². The van der Waals surface area contributed by atoms with Gasteiger partial charge in [0.2, 0.25) is 0 Å². The number of ether oxygens (including phenoxy) is 1. The molecule has 4 aliphatic rings. The summed E-state index contributed by atoms with van der Waals surface area (Å²) in [5.41, 5.74) is 0.897. The maximum atomic E-state index is 13.0. The van der Waals surface area contributed by atoms with Gasteiger partial charge in [-0.25, -0.2) is 4.79 Å². The SMILES string of the molecule is Cc1cc(=O)oc2cc(OCC(=O)C34CC5CC(CC(C5)C3)C4)ccc12. The molecule has 136 valence electrons. The predicted molar refractivity (Wildman–Crippen MR) is 98.3 cm³/mol. The van der Waals surface area contributed by atoms with Gasteiger partial charge in [-0.05, 0) is 80.9 Å². The third kappa shape index (κ3) is 2.58. The second-order valence-electron chi connectivity index (χ2n) is 8.82. The number of fused-ring (bicyclic) bond motifs is 1. The molecule has 0 amide bonds. The van der Waals surface area contributed by atoms with E-state index in [1.807, 2.05) is 19.1 Å². The molecular weight excluding hydrogens is 328 g/mol. The van der Waals surface area contributed by atoms with Crippen LogP contribution in [0.1, 0.15) is 44.1 Å². The fourth-order valence-corrected chi connectivity index (χ4v) is 6.15. The lowest BCUT2D eigenvalue weighted by Gasteiger charge is -2.55. The first-order valence-corrected chi connectivity index (χ1v) is 9.71. The molecule has 0 N–H and O–H groups in total. The molecule has 0 spiro atoms. The van der Waals surface area contributed by atoms with Crippen LogP contribution in [0.2, 0.25) is 0 Å². The largest absolute Gasteiger partial charge is 0.486 e. The Morgan fingerprint density at radius 3 is 2.42 bits per heavy atom. The highest BCUT2D eigenvalue weighted by Crippen LogP contribution is 2.60. The lowest BCUT2D eigenvalue weighted by atomic mass is 9.48. The van der Waals surface area contributed by atoms with E-state index in [-0.39, 0.29) is 23.4 Å². The molecule has 4 nitrogen and oxygen atoms in total. The molecule has 4 fully saturated rings. The van der Waals surface area contributed by atoms with E-state index in [9.17, 15) is 9.59 Å². The van der Waals surface area contributed by atoms with E-state index in [4.69, 9.17) is 9.15 Å². The highest BCUT2D eigenvalue weighted by atomic mass is 16.5. The number of aryl methyl sites for hydroxylation is 1. The van der Waals surface area contributed by atoms with E-state index in [0.29, 0.717) is 11.3 Å². The molecule has 1 heterocycles. The first-order valence-electron chi connectivity index (χ1n) is 9.71. The van der Waals surface area contributed by atoms with Gasteiger partial charge >= 0.3 is 5.63 Å². The van der Waals surface area contributed by atoms with Gasteiger partial charge in [0.05, 0.1) is 0 Å². The fraction of sp³-hybridized carbons (Fsp3) is 0.545. The van der Waals surface area contributed by atoms with Crippen LogP contribution in [0.4, 0.5) is 0 Å². The summed E-state index contributed by atoms with van der Waals surface area (Å²) in [7, 11) is 0. The second-order valence-corrected chi connectivity index (χ2v) is 8.82. The Bertz CT molecular complexity index is 904. The zero-order valence-corrected chi connectivity index (χ0v) is 15.1. The predicted octanol–water partition coefficient (Wildman–Crippen LogP) is 4.27. The minimum atomic E-state index is -0.364. The molecule has 4 heteroatoms. The lowest BCUT2D eigenvalue weighted by Crippen LogP contribution is -2.51. The Kier molecular flexibility index (Phi) is 3.53. The molecule has 0 radical (unpaired) electrons. The summed E-state index contributed by atoms with van der Waals surface area (Å²) >= 11 is 0. The monoisotopic (exact) mass is 352 g/mol. The third-order valence-electron chi connectivity index (χ3n) is 6.92. The Morgan fingerprint density at radius 2 is 1.77 bits per heavy atom. The Morgan fingerprint density at radius 1 is 1.12 bits per heavy atom. The zero-order chi connectivity index (χ0) is 17.9. The fourth-order valence-electron chi connectivity index (χ4n) is 6.15. The van der Waals surface area contributed by atoms with Crippen molar-refractivity contribution in [2.45, 2.75) is 45.4 Å². The lowest BCUT2D eigenvalue weighted by molar-refractivity contribution is -0.145. The van der Waals surface area contributed by atoms with Crippen LogP contribution in [0.15, 0.2) is 33.5 Å². The summed E-state index contributed by atoms with van der Waals surface area (Å²) in [6, 6.07) is 6.94. The number of carbonyl (C=O) groups excluding carboxylic acids is 1. The third-order valence-corrected chi connectivity index (χ3v) is 6.92. The molecule has 0 unspecified atom stereocenters. The summed E-state index contributed by atoms with van der Waals surface area (Å²) in [6.07, 6.45) is 7.18. The standard InChI is InChI=1S/C22H24O4/c1-13-4-21(24)26-19-8-17(2-3-18(13)19)25-12-20(23)22-9-14-5-15(10-22)7-16(6-14)11-22/h2-4,8,14-16H,5-7,9-12H2,1H3. The van der Waals surface area contributed by atoms with E-state index < -0.39 is 0 Å². The Balaban J connectivity index is 1.34. The van der Waals surface area contributed by atoms with Crippen molar-refractivity contribution in [2.75, 3.05) is 6.61 Å². The van der Waals surface area contributed by atoms with E-state index in [1.54, 1.807) is 6.07 Å². The molecule has 4 saturated carbocycles. The van der Waals surface area contributed by atoms with Gasteiger partial charge in [-0.15, -0.1) is 0 Å². The number of rotatable bonds is 4. The first-order chi connectivity index (χ1) is 12.5. The highest BCUT2D eigenvalue weighted by molar-refractivity contribution is 5.87. The summed E-state index contributed by atoms with van der Waals surface area (Å²) in [5, 5.41) is 0.893. The summed E-state index contributed by atoms with van der Waals surface area (Å²) in [5.74, 6) is 3.11. The molecule has 2 aromatic rings. The summed E-state index contributed by atoms with van der Waals surface area (Å²) in [4.78, 5) is 24.6. The second kappa shape index (κ2) is 5.70. The first kappa shape index (κ1) is 16.1. The minimum Gasteiger partial charge on any atom is -0.486 e. The minimum absolute atomic E-state index is 0.119. The number of Topliss-reactive ketones (excluding diaryl/α,β-unsaturated/α-hetero) is 1. The van der Waals surface area contributed by atoms with Crippen molar-refractivity contribution in [1.29, 1.82) is 0 Å². The molecule has 0 aliphatic heterocycles. The van der Waals surface area contributed by atoms with Crippen LogP contribution in [0.3, 0.4) is 0 Å². The number of hydrogen-bond acceptors (Lipinski definition) is 4. The molecule has 0 saturated heterocycles. The number of benzene rings is 1. The van der Waals surface area contributed by atoms with Crippen LogP contribution in [0, 0.1) is 30.1 Å². The normalized spacial score (nSPS) is 32.1. The molecule has 0 atom stereocenters. The van der Waals surface area contributed by atoms with Crippen molar-refractivity contribution in [3.05, 3.63) is 40.2 Å². The van der Waals surface area contributed by atoms with Crippen LogP contribution >= 0.6 is 0 Å². The van der Waals surface area contributed by atoms with Gasteiger partial charge in [-0.2, -0.15) is 0 Å². The maximum Gasteiger partial charge on any atom is 0.336 e. The topological polar surface area (TPSA) is 56.5 Å². The molecular formula is C22H24O4.